The molecule has 0 aliphatic rings. The molecule has 0 spiro atoms. The smallest absolute Gasteiger partial charge is 0.311 e. The summed E-state index contributed by atoms with van der Waals surface area (Å²) in [5, 5.41) is 11.6. The summed E-state index contributed by atoms with van der Waals surface area (Å²) in [6.45, 7) is 8.48. The zero-order chi connectivity index (χ0) is 18.4. The lowest BCUT2D eigenvalue weighted by Crippen LogP contribution is -2.51. The van der Waals surface area contributed by atoms with Crippen LogP contribution in [0.25, 0.3) is 0 Å². The number of rotatable bonds is 7. The SMILES string of the molecule is C[C@@H](O)[C@H](C(=O)OCc1ccccc1)[C@H](C)[Si](C)(C)c1ccccc1. The van der Waals surface area contributed by atoms with Crippen molar-refractivity contribution < 1.29 is 14.6 Å². The fraction of sp³-hybridized carbons (Fsp3) is 0.381. The van der Waals surface area contributed by atoms with E-state index >= 15 is 0 Å². The van der Waals surface area contributed by atoms with Gasteiger partial charge in [0.1, 0.15) is 6.61 Å². The maximum Gasteiger partial charge on any atom is 0.311 e. The first-order chi connectivity index (χ1) is 11.8. The molecule has 0 unspecified atom stereocenters. The normalized spacial score (nSPS) is 15.2. The standard InChI is InChI=1S/C21H28O3Si/c1-16(22)20(21(23)24-15-18-11-7-5-8-12-18)17(2)25(3,4)19-13-9-6-10-14-19/h5-14,16-17,20,22H,15H2,1-4H3/t16-,17+,20+/m1/s1. The molecule has 2 aromatic rings. The van der Waals surface area contributed by atoms with Crippen LogP contribution in [0.2, 0.25) is 18.6 Å². The van der Waals surface area contributed by atoms with E-state index in [1.807, 2.05) is 48.5 Å². The van der Waals surface area contributed by atoms with Gasteiger partial charge in [0.2, 0.25) is 0 Å². The van der Waals surface area contributed by atoms with E-state index < -0.39 is 20.1 Å². The zero-order valence-electron chi connectivity index (χ0n) is 15.5. The van der Waals surface area contributed by atoms with E-state index in [0.717, 1.165) is 5.56 Å². The number of ether oxygens (including phenoxy) is 1. The fourth-order valence-corrected chi connectivity index (χ4v) is 6.11. The lowest BCUT2D eigenvalue weighted by Gasteiger charge is -2.36. The summed E-state index contributed by atoms with van der Waals surface area (Å²) >= 11 is 0. The highest BCUT2D eigenvalue weighted by Crippen LogP contribution is 2.33. The number of carbonyl (C=O) groups excluding carboxylic acids is 1. The zero-order valence-corrected chi connectivity index (χ0v) is 16.5. The number of aliphatic hydroxyl groups is 1. The van der Waals surface area contributed by atoms with Crippen molar-refractivity contribution in [3.63, 3.8) is 0 Å². The molecule has 3 atom stereocenters. The van der Waals surface area contributed by atoms with E-state index in [2.05, 4.69) is 32.2 Å². The van der Waals surface area contributed by atoms with Crippen molar-refractivity contribution in [2.24, 2.45) is 5.92 Å². The number of esters is 1. The van der Waals surface area contributed by atoms with Gasteiger partial charge in [-0.05, 0) is 18.0 Å². The number of benzene rings is 2. The second-order valence-corrected chi connectivity index (χ2v) is 12.2. The van der Waals surface area contributed by atoms with Gasteiger partial charge < -0.3 is 9.84 Å². The van der Waals surface area contributed by atoms with Gasteiger partial charge in [-0.3, -0.25) is 4.79 Å². The highest BCUT2D eigenvalue weighted by atomic mass is 28.3. The molecule has 0 saturated carbocycles. The monoisotopic (exact) mass is 356 g/mol. The molecule has 0 radical (unpaired) electrons. The third-order valence-corrected chi connectivity index (χ3v) is 9.67. The fourth-order valence-electron chi connectivity index (χ4n) is 3.22. The average Bonchev–Trinajstić information content (AvgIpc) is 2.61. The number of aliphatic hydroxyl groups excluding tert-OH is 1. The molecule has 0 fully saturated rings. The number of hydrogen-bond donors (Lipinski definition) is 1. The van der Waals surface area contributed by atoms with Crippen LogP contribution < -0.4 is 5.19 Å². The Morgan fingerprint density at radius 3 is 2.04 bits per heavy atom. The molecule has 0 bridgehead atoms. The second-order valence-electron chi connectivity index (χ2n) is 7.24. The second kappa shape index (κ2) is 8.45. The van der Waals surface area contributed by atoms with Gasteiger partial charge in [-0.25, -0.2) is 0 Å². The van der Waals surface area contributed by atoms with Gasteiger partial charge in [0.05, 0.1) is 20.1 Å². The van der Waals surface area contributed by atoms with Crippen LogP contribution in [0.5, 0.6) is 0 Å². The van der Waals surface area contributed by atoms with Crippen molar-refractivity contribution in [1.29, 1.82) is 0 Å². The Balaban J connectivity index is 2.14. The van der Waals surface area contributed by atoms with E-state index in [1.165, 1.54) is 5.19 Å². The molecule has 0 aliphatic carbocycles. The minimum absolute atomic E-state index is 0.0539. The van der Waals surface area contributed by atoms with Crippen LogP contribution in [-0.4, -0.2) is 25.3 Å². The van der Waals surface area contributed by atoms with Crippen molar-refractivity contribution in [1.82, 2.24) is 0 Å². The van der Waals surface area contributed by atoms with Crippen molar-refractivity contribution >= 4 is 19.2 Å². The van der Waals surface area contributed by atoms with E-state index in [9.17, 15) is 9.90 Å². The molecule has 2 rings (SSSR count). The molecule has 0 aliphatic heterocycles. The molecular formula is C21H28O3Si. The summed E-state index contributed by atoms with van der Waals surface area (Å²) in [7, 11) is -1.94. The minimum Gasteiger partial charge on any atom is -0.461 e. The topological polar surface area (TPSA) is 46.5 Å². The summed E-state index contributed by atoms with van der Waals surface area (Å²) in [5.41, 5.74) is 1.01. The molecule has 4 heteroatoms. The first kappa shape index (κ1) is 19.4. The van der Waals surface area contributed by atoms with Crippen LogP contribution in [-0.2, 0) is 16.1 Å². The Hall–Kier alpha value is -1.91. The van der Waals surface area contributed by atoms with Gasteiger partial charge in [-0.15, -0.1) is 0 Å². The first-order valence-electron chi connectivity index (χ1n) is 8.78. The third-order valence-electron chi connectivity index (χ3n) is 5.21. The molecule has 3 nitrogen and oxygen atoms in total. The molecule has 0 saturated heterocycles. The van der Waals surface area contributed by atoms with Crippen molar-refractivity contribution in [2.45, 2.75) is 45.2 Å². The van der Waals surface area contributed by atoms with Gasteiger partial charge in [-0.2, -0.15) is 0 Å². The first-order valence-corrected chi connectivity index (χ1v) is 11.9. The maximum atomic E-state index is 12.7. The minimum atomic E-state index is -1.94. The third kappa shape index (κ3) is 4.80. The lowest BCUT2D eigenvalue weighted by molar-refractivity contribution is -0.153. The summed E-state index contributed by atoms with van der Waals surface area (Å²) < 4.78 is 5.53. The van der Waals surface area contributed by atoms with Gasteiger partial charge in [0, 0.05) is 0 Å². The summed E-state index contributed by atoms with van der Waals surface area (Å²) in [4.78, 5) is 12.7. The van der Waals surface area contributed by atoms with Gasteiger partial charge in [0.15, 0.2) is 0 Å². The van der Waals surface area contributed by atoms with E-state index in [0.29, 0.717) is 0 Å². The Morgan fingerprint density at radius 2 is 1.52 bits per heavy atom. The van der Waals surface area contributed by atoms with Crippen molar-refractivity contribution in [2.75, 3.05) is 0 Å². The molecule has 134 valence electrons. The van der Waals surface area contributed by atoms with Gasteiger partial charge in [0.25, 0.3) is 0 Å². The van der Waals surface area contributed by atoms with Crippen LogP contribution in [0, 0.1) is 5.92 Å². The predicted octanol–water partition coefficient (Wildman–Crippen LogP) is 3.73. The Morgan fingerprint density at radius 1 is 1.00 bits per heavy atom. The highest BCUT2D eigenvalue weighted by molar-refractivity contribution is 6.91. The highest BCUT2D eigenvalue weighted by Gasteiger charge is 2.41. The van der Waals surface area contributed by atoms with Crippen LogP contribution in [0.4, 0.5) is 0 Å². The molecule has 2 aromatic carbocycles. The molecule has 0 aromatic heterocycles. The Labute approximate surface area is 151 Å². The van der Waals surface area contributed by atoms with Crippen LogP contribution in [0.15, 0.2) is 60.7 Å². The number of carbonyl (C=O) groups is 1. The molecule has 25 heavy (non-hydrogen) atoms. The number of hydrogen-bond acceptors (Lipinski definition) is 3. The molecular weight excluding hydrogens is 328 g/mol. The maximum absolute atomic E-state index is 12.7. The van der Waals surface area contributed by atoms with E-state index in [4.69, 9.17) is 4.74 Å². The Bertz CT molecular complexity index is 668. The molecule has 0 amide bonds. The Kier molecular flexibility index (Phi) is 6.56. The van der Waals surface area contributed by atoms with Crippen LogP contribution in [0.1, 0.15) is 19.4 Å². The lowest BCUT2D eigenvalue weighted by atomic mass is 10.0. The predicted molar refractivity (Wildman–Crippen MR) is 104 cm³/mol. The summed E-state index contributed by atoms with van der Waals surface area (Å²) in [6.07, 6.45) is -0.742. The average molecular weight is 357 g/mol. The van der Waals surface area contributed by atoms with E-state index in [-0.39, 0.29) is 18.1 Å². The van der Waals surface area contributed by atoms with Gasteiger partial charge >= 0.3 is 5.97 Å². The van der Waals surface area contributed by atoms with Crippen LogP contribution in [0.3, 0.4) is 0 Å². The van der Waals surface area contributed by atoms with E-state index in [1.54, 1.807) is 6.92 Å². The quantitative estimate of drug-likeness (QED) is 0.607. The van der Waals surface area contributed by atoms with Crippen LogP contribution >= 0.6 is 0 Å². The largest absolute Gasteiger partial charge is 0.461 e. The van der Waals surface area contributed by atoms with Crippen molar-refractivity contribution in [3.8, 4) is 0 Å². The molecule has 1 N–H and O–H groups in total. The summed E-state index contributed by atoms with van der Waals surface area (Å²) in [5.74, 6) is -0.839. The van der Waals surface area contributed by atoms with Gasteiger partial charge in [-0.1, -0.05) is 85.9 Å². The molecule has 0 heterocycles. The summed E-state index contributed by atoms with van der Waals surface area (Å²) in [6, 6.07) is 19.9. The van der Waals surface area contributed by atoms with Crippen molar-refractivity contribution in [3.05, 3.63) is 66.2 Å².